The van der Waals surface area contributed by atoms with Gasteiger partial charge in [0.1, 0.15) is 0 Å². The van der Waals surface area contributed by atoms with Gasteiger partial charge in [-0.2, -0.15) is 0 Å². The minimum Gasteiger partial charge on any atom is -0.244 e. The molecular formula is C46H36N2. The van der Waals surface area contributed by atoms with Gasteiger partial charge >= 0.3 is 0 Å². The summed E-state index contributed by atoms with van der Waals surface area (Å²) in [5, 5.41) is 2.01. The van der Waals surface area contributed by atoms with Gasteiger partial charge < -0.3 is 0 Å². The molecule has 2 heteroatoms. The maximum atomic E-state index is 5.45. The third kappa shape index (κ3) is 5.98. The Labute approximate surface area is 283 Å². The maximum absolute atomic E-state index is 5.45. The molecule has 0 saturated heterocycles. The zero-order valence-electron chi connectivity index (χ0n) is 28.3. The number of rotatable bonds is 2. The topological polar surface area (TPSA) is 25.8 Å². The highest BCUT2D eigenvalue weighted by atomic mass is 14.8. The predicted molar refractivity (Wildman–Crippen MR) is 201 cm³/mol. The third-order valence-electron chi connectivity index (χ3n) is 8.83. The quantitative estimate of drug-likeness (QED) is 0.143. The van der Waals surface area contributed by atoms with Crippen molar-refractivity contribution >= 4 is 21.8 Å². The lowest BCUT2D eigenvalue weighted by Crippen LogP contribution is -2.00. The van der Waals surface area contributed by atoms with Crippen LogP contribution in [0.25, 0.3) is 44.3 Å². The zero-order chi connectivity index (χ0) is 33.4. The van der Waals surface area contributed by atoms with Gasteiger partial charge in [0.25, 0.3) is 0 Å². The van der Waals surface area contributed by atoms with Crippen molar-refractivity contribution in [1.29, 1.82) is 0 Å². The standard InChI is InChI=1S/C46H36N2/c1-29-23-31(3)41(32(4)24-29)43-37(19-17-35-13-9-7-10-14-35)27-39-21-22-40-28-38(20-18-36-15-11-8-12-16-36)44(48-46(40)45(39)47-43)42-33(5)25-30(2)26-34(42)6/h7-16,21-28H,1-6H3. The Hall–Kier alpha value is -5.96. The summed E-state index contributed by atoms with van der Waals surface area (Å²) in [6.07, 6.45) is 0. The molecule has 0 unspecified atom stereocenters. The number of nitrogens with zero attached hydrogens (tertiary/aromatic N) is 2. The molecule has 2 heterocycles. The summed E-state index contributed by atoms with van der Waals surface area (Å²) in [5.74, 6) is 13.7. The van der Waals surface area contributed by atoms with Crippen molar-refractivity contribution in [1.82, 2.24) is 9.97 Å². The molecule has 0 N–H and O–H groups in total. The van der Waals surface area contributed by atoms with Gasteiger partial charge in [0, 0.05) is 33.0 Å². The Morgan fingerprint density at radius 2 is 0.750 bits per heavy atom. The number of hydrogen-bond acceptors (Lipinski definition) is 2. The Bertz CT molecular complexity index is 2280. The molecule has 0 aliphatic heterocycles. The second kappa shape index (κ2) is 12.7. The number of aryl methyl sites for hydroxylation is 6. The van der Waals surface area contributed by atoms with E-state index in [1.807, 2.05) is 60.7 Å². The molecule has 0 spiro atoms. The largest absolute Gasteiger partial charge is 0.244 e. The summed E-state index contributed by atoms with van der Waals surface area (Å²) in [4.78, 5) is 10.9. The van der Waals surface area contributed by atoms with Crippen molar-refractivity contribution in [2.45, 2.75) is 41.5 Å². The molecule has 48 heavy (non-hydrogen) atoms. The molecule has 2 nitrogen and oxygen atoms in total. The van der Waals surface area contributed by atoms with Gasteiger partial charge in [0.2, 0.25) is 0 Å². The first-order valence-corrected chi connectivity index (χ1v) is 16.3. The van der Waals surface area contributed by atoms with Crippen molar-refractivity contribution in [3.63, 3.8) is 0 Å². The zero-order valence-corrected chi connectivity index (χ0v) is 28.3. The van der Waals surface area contributed by atoms with Gasteiger partial charge in [-0.05, 0) is 100 Å². The molecule has 0 radical (unpaired) electrons. The average Bonchev–Trinajstić information content (AvgIpc) is 3.06. The summed E-state index contributed by atoms with van der Waals surface area (Å²) in [6.45, 7) is 12.9. The first-order chi connectivity index (χ1) is 23.2. The Morgan fingerprint density at radius 1 is 0.396 bits per heavy atom. The van der Waals surface area contributed by atoms with E-state index < -0.39 is 0 Å². The van der Waals surface area contributed by atoms with Crippen LogP contribution in [0.1, 0.15) is 55.6 Å². The van der Waals surface area contributed by atoms with Crippen molar-refractivity contribution in [3.8, 4) is 46.2 Å². The highest BCUT2D eigenvalue weighted by Gasteiger charge is 2.18. The summed E-state index contributed by atoms with van der Waals surface area (Å²) in [7, 11) is 0. The minimum atomic E-state index is 0.860. The van der Waals surface area contributed by atoms with Gasteiger partial charge in [0.05, 0.1) is 33.5 Å². The Morgan fingerprint density at radius 3 is 1.10 bits per heavy atom. The summed E-state index contributed by atoms with van der Waals surface area (Å²) in [6, 6.07) is 37.8. The van der Waals surface area contributed by atoms with Crippen LogP contribution >= 0.6 is 0 Å². The molecule has 7 rings (SSSR count). The maximum Gasteiger partial charge on any atom is 0.0973 e. The van der Waals surface area contributed by atoms with E-state index in [-0.39, 0.29) is 0 Å². The van der Waals surface area contributed by atoms with E-state index in [4.69, 9.17) is 9.97 Å². The van der Waals surface area contributed by atoms with Crippen LogP contribution < -0.4 is 0 Å². The molecule has 2 aromatic heterocycles. The molecule has 0 aliphatic carbocycles. The van der Waals surface area contributed by atoms with Crippen LogP contribution in [-0.2, 0) is 0 Å². The monoisotopic (exact) mass is 616 g/mol. The highest BCUT2D eigenvalue weighted by Crippen LogP contribution is 2.36. The van der Waals surface area contributed by atoms with E-state index in [1.54, 1.807) is 0 Å². The second-order valence-corrected chi connectivity index (χ2v) is 12.8. The van der Waals surface area contributed by atoms with Gasteiger partial charge in [-0.15, -0.1) is 0 Å². The lowest BCUT2D eigenvalue weighted by Gasteiger charge is -2.16. The van der Waals surface area contributed by atoms with E-state index in [0.717, 1.165) is 66.6 Å². The fourth-order valence-corrected chi connectivity index (χ4v) is 6.87. The number of aromatic nitrogens is 2. The molecule has 7 aromatic rings. The fraction of sp³-hybridized carbons (Fsp3) is 0.130. The van der Waals surface area contributed by atoms with E-state index >= 15 is 0 Å². The van der Waals surface area contributed by atoms with E-state index in [9.17, 15) is 0 Å². The Kier molecular flexibility index (Phi) is 8.10. The minimum absolute atomic E-state index is 0.860. The third-order valence-corrected chi connectivity index (χ3v) is 8.83. The van der Waals surface area contributed by atoms with E-state index in [2.05, 4.69) is 114 Å². The molecule has 230 valence electrons. The summed E-state index contributed by atoms with van der Waals surface area (Å²) < 4.78 is 0. The van der Waals surface area contributed by atoms with Crippen molar-refractivity contribution in [2.24, 2.45) is 0 Å². The van der Waals surface area contributed by atoms with E-state index in [1.165, 1.54) is 33.4 Å². The van der Waals surface area contributed by atoms with Crippen LogP contribution in [0.15, 0.2) is 109 Å². The molecule has 0 bridgehead atoms. The normalized spacial score (nSPS) is 10.8. The van der Waals surface area contributed by atoms with Gasteiger partial charge in [-0.25, -0.2) is 9.97 Å². The van der Waals surface area contributed by atoms with Crippen LogP contribution in [-0.4, -0.2) is 9.97 Å². The van der Waals surface area contributed by atoms with Gasteiger partial charge in [-0.3, -0.25) is 0 Å². The molecule has 0 amide bonds. The number of fused-ring (bicyclic) bond motifs is 3. The van der Waals surface area contributed by atoms with Crippen molar-refractivity contribution in [2.75, 3.05) is 0 Å². The number of hydrogen-bond donors (Lipinski definition) is 0. The smallest absolute Gasteiger partial charge is 0.0973 e. The second-order valence-electron chi connectivity index (χ2n) is 12.8. The van der Waals surface area contributed by atoms with Crippen LogP contribution in [0.5, 0.6) is 0 Å². The van der Waals surface area contributed by atoms with E-state index in [0.29, 0.717) is 0 Å². The van der Waals surface area contributed by atoms with Gasteiger partial charge in [0.15, 0.2) is 0 Å². The van der Waals surface area contributed by atoms with Gasteiger partial charge in [-0.1, -0.05) is 108 Å². The number of pyridine rings is 2. The van der Waals surface area contributed by atoms with Crippen LogP contribution in [0.4, 0.5) is 0 Å². The fourth-order valence-electron chi connectivity index (χ4n) is 6.87. The lowest BCUT2D eigenvalue weighted by atomic mass is 9.92. The van der Waals surface area contributed by atoms with Crippen molar-refractivity contribution in [3.05, 3.63) is 165 Å². The summed E-state index contributed by atoms with van der Waals surface area (Å²) in [5.41, 5.74) is 16.6. The molecule has 0 saturated carbocycles. The molecule has 0 atom stereocenters. The Balaban J connectivity index is 1.54. The highest BCUT2D eigenvalue weighted by molar-refractivity contribution is 6.05. The summed E-state index contributed by atoms with van der Waals surface area (Å²) >= 11 is 0. The molecule has 0 aliphatic rings. The van der Waals surface area contributed by atoms with Crippen molar-refractivity contribution < 1.29 is 0 Å². The molecule has 5 aromatic carbocycles. The number of benzene rings is 5. The lowest BCUT2D eigenvalue weighted by molar-refractivity contribution is 1.27. The predicted octanol–water partition coefficient (Wildman–Crippen LogP) is 10.8. The average molecular weight is 617 g/mol. The van der Waals surface area contributed by atoms with Crippen LogP contribution in [0.3, 0.4) is 0 Å². The molecular weight excluding hydrogens is 581 g/mol. The van der Waals surface area contributed by atoms with Crippen LogP contribution in [0, 0.1) is 65.2 Å². The molecule has 0 fully saturated rings. The first kappa shape index (κ1) is 30.7. The first-order valence-electron chi connectivity index (χ1n) is 16.3. The SMILES string of the molecule is Cc1cc(C)c(-c2nc3c(ccc4cc(C#Cc5ccccc5)c(-c5c(C)cc(C)cc5C)nc43)cc2C#Cc2ccccc2)c(C)c1. The van der Waals surface area contributed by atoms with Crippen LogP contribution in [0.2, 0.25) is 0 Å².